The van der Waals surface area contributed by atoms with Crippen molar-refractivity contribution in [3.63, 3.8) is 0 Å². The summed E-state index contributed by atoms with van der Waals surface area (Å²) in [6, 6.07) is 1.21. The Kier molecular flexibility index (Phi) is 5.07. The van der Waals surface area contributed by atoms with Gasteiger partial charge >= 0.3 is 0 Å². The van der Waals surface area contributed by atoms with Crippen LogP contribution in [0.1, 0.15) is 53.4 Å². The Morgan fingerprint density at radius 3 is 2.47 bits per heavy atom. The first-order chi connectivity index (χ1) is 7.03. The van der Waals surface area contributed by atoms with Crippen molar-refractivity contribution in [2.75, 3.05) is 13.2 Å². The van der Waals surface area contributed by atoms with E-state index in [0.717, 1.165) is 13.2 Å². The van der Waals surface area contributed by atoms with Gasteiger partial charge < -0.3 is 10.1 Å². The summed E-state index contributed by atoms with van der Waals surface area (Å²) >= 11 is 0. The molecule has 0 radical (unpaired) electrons. The number of nitrogens with one attached hydrogen (secondary N) is 1. The van der Waals surface area contributed by atoms with Crippen LogP contribution in [0.15, 0.2) is 0 Å². The second-order valence-corrected chi connectivity index (χ2v) is 5.67. The predicted octanol–water partition coefficient (Wildman–Crippen LogP) is 2.97. The van der Waals surface area contributed by atoms with Gasteiger partial charge in [0.25, 0.3) is 0 Å². The van der Waals surface area contributed by atoms with E-state index in [-0.39, 0.29) is 0 Å². The molecule has 0 bridgehead atoms. The molecule has 2 heteroatoms. The maximum absolute atomic E-state index is 5.42. The van der Waals surface area contributed by atoms with Gasteiger partial charge in [0.15, 0.2) is 0 Å². The minimum Gasteiger partial charge on any atom is -0.380 e. The van der Waals surface area contributed by atoms with Gasteiger partial charge in [0, 0.05) is 18.7 Å². The minimum atomic E-state index is 0.496. The van der Waals surface area contributed by atoms with Crippen LogP contribution in [0.5, 0.6) is 0 Å². The zero-order valence-electron chi connectivity index (χ0n) is 10.8. The predicted molar refractivity (Wildman–Crippen MR) is 65.1 cm³/mol. The fourth-order valence-corrected chi connectivity index (χ4v) is 2.31. The standard InChI is InChI=1S/C13H27NO/c1-5-15-10-11(2)14-12-6-8-13(3,4)9-7-12/h11-12,14H,5-10H2,1-4H3. The van der Waals surface area contributed by atoms with Crippen LogP contribution < -0.4 is 5.32 Å². The maximum Gasteiger partial charge on any atom is 0.0616 e. The smallest absolute Gasteiger partial charge is 0.0616 e. The lowest BCUT2D eigenvalue weighted by Gasteiger charge is -2.36. The summed E-state index contributed by atoms with van der Waals surface area (Å²) in [6.45, 7) is 10.7. The van der Waals surface area contributed by atoms with Crippen molar-refractivity contribution in [2.24, 2.45) is 5.41 Å². The maximum atomic E-state index is 5.42. The molecule has 1 N–H and O–H groups in total. The van der Waals surface area contributed by atoms with Crippen molar-refractivity contribution in [1.82, 2.24) is 5.32 Å². The second kappa shape index (κ2) is 5.86. The molecule has 0 spiro atoms. The van der Waals surface area contributed by atoms with E-state index in [9.17, 15) is 0 Å². The molecule has 90 valence electrons. The molecule has 15 heavy (non-hydrogen) atoms. The third-order valence-corrected chi connectivity index (χ3v) is 3.43. The third-order valence-electron chi connectivity index (χ3n) is 3.43. The van der Waals surface area contributed by atoms with Crippen LogP contribution in [0.2, 0.25) is 0 Å². The van der Waals surface area contributed by atoms with Crippen molar-refractivity contribution >= 4 is 0 Å². The highest BCUT2D eigenvalue weighted by Gasteiger charge is 2.27. The Labute approximate surface area is 94.8 Å². The molecule has 0 aliphatic heterocycles. The van der Waals surface area contributed by atoms with E-state index < -0.39 is 0 Å². The molecule has 0 aromatic carbocycles. The Morgan fingerprint density at radius 2 is 1.93 bits per heavy atom. The van der Waals surface area contributed by atoms with Crippen molar-refractivity contribution in [3.05, 3.63) is 0 Å². The van der Waals surface area contributed by atoms with Crippen LogP contribution in [0.25, 0.3) is 0 Å². The van der Waals surface area contributed by atoms with Gasteiger partial charge in [-0.3, -0.25) is 0 Å². The molecule has 1 fully saturated rings. The highest BCUT2D eigenvalue weighted by Crippen LogP contribution is 2.35. The van der Waals surface area contributed by atoms with Crippen molar-refractivity contribution in [3.8, 4) is 0 Å². The Hall–Kier alpha value is -0.0800. The summed E-state index contributed by atoms with van der Waals surface area (Å²) in [7, 11) is 0. The van der Waals surface area contributed by atoms with Crippen LogP contribution in [0.3, 0.4) is 0 Å². The summed E-state index contributed by atoms with van der Waals surface area (Å²) in [5.74, 6) is 0. The fraction of sp³-hybridized carbons (Fsp3) is 1.00. The first-order valence-electron chi connectivity index (χ1n) is 6.37. The van der Waals surface area contributed by atoms with E-state index in [1.54, 1.807) is 0 Å². The number of rotatable bonds is 5. The summed E-state index contributed by atoms with van der Waals surface area (Å²) in [4.78, 5) is 0. The summed E-state index contributed by atoms with van der Waals surface area (Å²) in [5, 5.41) is 3.67. The third kappa shape index (κ3) is 4.98. The SMILES string of the molecule is CCOCC(C)NC1CCC(C)(C)CC1. The average molecular weight is 213 g/mol. The quantitative estimate of drug-likeness (QED) is 0.758. The van der Waals surface area contributed by atoms with Crippen LogP contribution in [0.4, 0.5) is 0 Å². The fourth-order valence-electron chi connectivity index (χ4n) is 2.31. The van der Waals surface area contributed by atoms with Crippen molar-refractivity contribution < 1.29 is 4.74 Å². The number of ether oxygens (including phenoxy) is 1. The largest absolute Gasteiger partial charge is 0.380 e. The molecule has 1 saturated carbocycles. The van der Waals surface area contributed by atoms with Gasteiger partial charge in [-0.15, -0.1) is 0 Å². The highest BCUT2D eigenvalue weighted by atomic mass is 16.5. The van der Waals surface area contributed by atoms with Gasteiger partial charge in [-0.2, -0.15) is 0 Å². The van der Waals surface area contributed by atoms with Gasteiger partial charge in [0.05, 0.1) is 6.61 Å². The zero-order chi connectivity index (χ0) is 11.3. The second-order valence-electron chi connectivity index (χ2n) is 5.67. The van der Waals surface area contributed by atoms with E-state index in [1.165, 1.54) is 25.7 Å². The molecular formula is C13H27NO. The lowest BCUT2D eigenvalue weighted by atomic mass is 9.75. The van der Waals surface area contributed by atoms with E-state index in [1.807, 2.05) is 0 Å². The van der Waals surface area contributed by atoms with Crippen LogP contribution in [-0.2, 0) is 4.74 Å². The Morgan fingerprint density at radius 1 is 1.33 bits per heavy atom. The lowest BCUT2D eigenvalue weighted by Crippen LogP contribution is -2.42. The molecular weight excluding hydrogens is 186 g/mol. The Bertz CT molecular complexity index is 169. The van der Waals surface area contributed by atoms with E-state index >= 15 is 0 Å². The Balaban J connectivity index is 2.17. The van der Waals surface area contributed by atoms with Crippen LogP contribution in [-0.4, -0.2) is 25.3 Å². The molecule has 1 rings (SSSR count). The van der Waals surface area contributed by atoms with Crippen LogP contribution >= 0.6 is 0 Å². The zero-order valence-corrected chi connectivity index (χ0v) is 10.8. The average Bonchev–Trinajstić information content (AvgIpc) is 2.18. The monoisotopic (exact) mass is 213 g/mol. The molecule has 1 unspecified atom stereocenters. The topological polar surface area (TPSA) is 21.3 Å². The molecule has 0 heterocycles. The molecule has 1 atom stereocenters. The van der Waals surface area contributed by atoms with E-state index in [4.69, 9.17) is 4.74 Å². The summed E-state index contributed by atoms with van der Waals surface area (Å²) in [6.07, 6.45) is 5.35. The number of hydrogen-bond acceptors (Lipinski definition) is 2. The first-order valence-corrected chi connectivity index (χ1v) is 6.37. The van der Waals surface area contributed by atoms with Gasteiger partial charge in [0.2, 0.25) is 0 Å². The molecule has 0 aromatic rings. The van der Waals surface area contributed by atoms with Crippen molar-refractivity contribution in [2.45, 2.75) is 65.5 Å². The summed E-state index contributed by atoms with van der Waals surface area (Å²) < 4.78 is 5.42. The van der Waals surface area contributed by atoms with Gasteiger partial charge in [0.1, 0.15) is 0 Å². The van der Waals surface area contributed by atoms with Gasteiger partial charge in [-0.25, -0.2) is 0 Å². The number of hydrogen-bond donors (Lipinski definition) is 1. The molecule has 0 aromatic heterocycles. The van der Waals surface area contributed by atoms with E-state index in [2.05, 4.69) is 33.0 Å². The van der Waals surface area contributed by atoms with Gasteiger partial charge in [-0.05, 0) is 44.9 Å². The molecule has 0 saturated heterocycles. The van der Waals surface area contributed by atoms with E-state index in [0.29, 0.717) is 17.5 Å². The van der Waals surface area contributed by atoms with Gasteiger partial charge in [-0.1, -0.05) is 13.8 Å². The molecule has 1 aliphatic rings. The molecule has 1 aliphatic carbocycles. The normalized spacial score (nSPS) is 24.0. The minimum absolute atomic E-state index is 0.496. The molecule has 0 amide bonds. The molecule has 2 nitrogen and oxygen atoms in total. The van der Waals surface area contributed by atoms with Crippen LogP contribution in [0, 0.1) is 5.41 Å². The first kappa shape index (κ1) is 13.0. The summed E-state index contributed by atoms with van der Waals surface area (Å²) in [5.41, 5.74) is 0.571. The lowest BCUT2D eigenvalue weighted by molar-refractivity contribution is 0.115. The highest BCUT2D eigenvalue weighted by molar-refractivity contribution is 4.83. The van der Waals surface area contributed by atoms with Crippen molar-refractivity contribution in [1.29, 1.82) is 0 Å².